The van der Waals surface area contributed by atoms with Crippen molar-refractivity contribution in [1.29, 1.82) is 0 Å². The van der Waals surface area contributed by atoms with Crippen molar-refractivity contribution in [2.24, 2.45) is 0 Å². The van der Waals surface area contributed by atoms with Crippen LogP contribution in [-0.2, 0) is 11.3 Å². The molecule has 2 aromatic heterocycles. The van der Waals surface area contributed by atoms with Gasteiger partial charge in [-0.2, -0.15) is 0 Å². The monoisotopic (exact) mass is 425 g/mol. The Bertz CT molecular complexity index is 943. The first-order chi connectivity index (χ1) is 14.6. The number of piperazine rings is 1. The van der Waals surface area contributed by atoms with Gasteiger partial charge in [0.1, 0.15) is 16.5 Å². The quantitative estimate of drug-likeness (QED) is 0.566. The van der Waals surface area contributed by atoms with Gasteiger partial charge in [0.25, 0.3) is 5.91 Å². The molecular formula is C23H27N3O3S. The van der Waals surface area contributed by atoms with Crippen LogP contribution in [0.2, 0.25) is 0 Å². The molecule has 1 fully saturated rings. The first-order valence-corrected chi connectivity index (χ1v) is 11.2. The zero-order valence-electron chi connectivity index (χ0n) is 17.4. The Labute approximate surface area is 181 Å². The minimum absolute atomic E-state index is 0.0388. The molecule has 158 valence electrons. The molecular weight excluding hydrogens is 398 g/mol. The largest absolute Gasteiger partial charge is 0.484 e. The van der Waals surface area contributed by atoms with Crippen LogP contribution in [-0.4, -0.2) is 53.5 Å². The maximum atomic E-state index is 12.5. The highest BCUT2D eigenvalue weighted by atomic mass is 32.1. The number of amides is 1. The van der Waals surface area contributed by atoms with Crippen molar-refractivity contribution < 1.29 is 13.9 Å². The van der Waals surface area contributed by atoms with E-state index in [1.807, 2.05) is 34.5 Å². The fraction of sp³-hybridized carbons (Fsp3) is 0.391. The molecule has 1 aromatic carbocycles. The van der Waals surface area contributed by atoms with E-state index in [0.29, 0.717) is 19.0 Å². The number of carbonyl (C=O) groups excluding carboxylic acids is 1. The summed E-state index contributed by atoms with van der Waals surface area (Å²) in [4.78, 5) is 21.4. The molecule has 6 nitrogen and oxygen atoms in total. The molecule has 0 spiro atoms. The fourth-order valence-corrected chi connectivity index (χ4v) is 4.28. The van der Waals surface area contributed by atoms with Gasteiger partial charge >= 0.3 is 0 Å². The first-order valence-electron chi connectivity index (χ1n) is 10.3. The smallest absolute Gasteiger partial charge is 0.260 e. The van der Waals surface area contributed by atoms with Crippen molar-refractivity contribution in [3.63, 3.8) is 0 Å². The van der Waals surface area contributed by atoms with Crippen LogP contribution < -0.4 is 4.74 Å². The molecule has 1 aliphatic rings. The third-order valence-electron chi connectivity index (χ3n) is 5.32. The normalized spacial score (nSPS) is 15.0. The minimum Gasteiger partial charge on any atom is -0.484 e. The fourth-order valence-electron chi connectivity index (χ4n) is 3.45. The van der Waals surface area contributed by atoms with E-state index >= 15 is 0 Å². The van der Waals surface area contributed by atoms with E-state index in [1.54, 1.807) is 17.6 Å². The van der Waals surface area contributed by atoms with Crippen molar-refractivity contribution in [2.75, 3.05) is 32.8 Å². The van der Waals surface area contributed by atoms with Crippen LogP contribution in [0.3, 0.4) is 0 Å². The molecule has 1 saturated heterocycles. The molecule has 30 heavy (non-hydrogen) atoms. The number of aromatic nitrogens is 1. The molecule has 0 unspecified atom stereocenters. The molecule has 1 amide bonds. The Kier molecular flexibility index (Phi) is 6.50. The van der Waals surface area contributed by atoms with Crippen LogP contribution in [0.15, 0.2) is 52.5 Å². The van der Waals surface area contributed by atoms with E-state index in [2.05, 4.69) is 35.9 Å². The highest BCUT2D eigenvalue weighted by Crippen LogP contribution is 2.23. The standard InChI is InChI=1S/C23H27N3O3S/c1-17(2)18-5-7-19(8-6-18)29-15-23(27)26-11-9-25(10-12-26)14-22-24-20(16-30-22)21-4-3-13-28-21/h3-8,13,16-17H,9-12,14-15H2,1-2H3. The second-order valence-electron chi connectivity index (χ2n) is 7.77. The van der Waals surface area contributed by atoms with Crippen molar-refractivity contribution in [2.45, 2.75) is 26.3 Å². The molecule has 0 aliphatic carbocycles. The Morgan fingerprint density at radius 3 is 2.60 bits per heavy atom. The lowest BCUT2D eigenvalue weighted by Crippen LogP contribution is -2.49. The summed E-state index contributed by atoms with van der Waals surface area (Å²) < 4.78 is 11.1. The molecule has 7 heteroatoms. The summed E-state index contributed by atoms with van der Waals surface area (Å²) in [5.41, 5.74) is 2.15. The molecule has 0 bridgehead atoms. The molecule has 1 aliphatic heterocycles. The number of rotatable bonds is 7. The van der Waals surface area contributed by atoms with E-state index in [0.717, 1.165) is 41.8 Å². The number of hydrogen-bond donors (Lipinski definition) is 0. The van der Waals surface area contributed by atoms with Gasteiger partial charge in [-0.15, -0.1) is 11.3 Å². The average molecular weight is 426 g/mol. The lowest BCUT2D eigenvalue weighted by atomic mass is 10.0. The number of carbonyl (C=O) groups is 1. The number of hydrogen-bond acceptors (Lipinski definition) is 6. The molecule has 0 N–H and O–H groups in total. The lowest BCUT2D eigenvalue weighted by Gasteiger charge is -2.34. The number of nitrogens with zero attached hydrogens (tertiary/aromatic N) is 3. The second kappa shape index (κ2) is 9.45. The van der Waals surface area contributed by atoms with Gasteiger partial charge in [-0.25, -0.2) is 4.98 Å². The van der Waals surface area contributed by atoms with Gasteiger partial charge in [0, 0.05) is 31.6 Å². The third-order valence-corrected chi connectivity index (χ3v) is 6.15. The van der Waals surface area contributed by atoms with Gasteiger partial charge in [-0.3, -0.25) is 9.69 Å². The molecule has 4 rings (SSSR count). The Balaban J connectivity index is 1.21. The van der Waals surface area contributed by atoms with Gasteiger partial charge in [0.15, 0.2) is 12.4 Å². The Morgan fingerprint density at radius 2 is 1.93 bits per heavy atom. The highest BCUT2D eigenvalue weighted by Gasteiger charge is 2.22. The Hall–Kier alpha value is -2.64. The van der Waals surface area contributed by atoms with Crippen molar-refractivity contribution in [3.8, 4) is 17.2 Å². The van der Waals surface area contributed by atoms with Gasteiger partial charge in [-0.05, 0) is 35.7 Å². The van der Waals surface area contributed by atoms with E-state index in [4.69, 9.17) is 9.15 Å². The zero-order chi connectivity index (χ0) is 20.9. The van der Waals surface area contributed by atoms with Crippen molar-refractivity contribution in [3.05, 3.63) is 58.6 Å². The average Bonchev–Trinajstić information content (AvgIpc) is 3.45. The lowest BCUT2D eigenvalue weighted by molar-refractivity contribution is -0.135. The summed E-state index contributed by atoms with van der Waals surface area (Å²) in [5.74, 6) is 2.06. The summed E-state index contributed by atoms with van der Waals surface area (Å²) in [6, 6.07) is 11.8. The third kappa shape index (κ3) is 5.09. The SMILES string of the molecule is CC(C)c1ccc(OCC(=O)N2CCN(Cc3nc(-c4ccco4)cs3)CC2)cc1. The minimum atomic E-state index is 0.0388. The summed E-state index contributed by atoms with van der Waals surface area (Å²) in [5, 5.41) is 3.09. The summed E-state index contributed by atoms with van der Waals surface area (Å²) >= 11 is 1.64. The predicted molar refractivity (Wildman–Crippen MR) is 118 cm³/mol. The van der Waals surface area contributed by atoms with E-state index in [1.165, 1.54) is 5.56 Å². The maximum absolute atomic E-state index is 12.5. The van der Waals surface area contributed by atoms with Gasteiger partial charge < -0.3 is 14.1 Å². The van der Waals surface area contributed by atoms with E-state index in [-0.39, 0.29) is 12.5 Å². The zero-order valence-corrected chi connectivity index (χ0v) is 18.2. The Morgan fingerprint density at radius 1 is 1.17 bits per heavy atom. The molecule has 3 aromatic rings. The van der Waals surface area contributed by atoms with Crippen molar-refractivity contribution >= 4 is 17.2 Å². The number of thiazole rings is 1. The van der Waals surface area contributed by atoms with Gasteiger partial charge in [0.2, 0.25) is 0 Å². The topological polar surface area (TPSA) is 58.8 Å². The number of furan rings is 1. The second-order valence-corrected chi connectivity index (χ2v) is 8.72. The van der Waals surface area contributed by atoms with Crippen LogP contribution in [0.4, 0.5) is 0 Å². The summed E-state index contributed by atoms with van der Waals surface area (Å²) in [6.07, 6.45) is 1.66. The van der Waals surface area contributed by atoms with Crippen LogP contribution in [0, 0.1) is 0 Å². The van der Waals surface area contributed by atoms with E-state index < -0.39 is 0 Å². The first kappa shape index (κ1) is 20.6. The van der Waals surface area contributed by atoms with Crippen LogP contribution >= 0.6 is 11.3 Å². The number of benzene rings is 1. The molecule has 0 radical (unpaired) electrons. The highest BCUT2D eigenvalue weighted by molar-refractivity contribution is 7.09. The van der Waals surface area contributed by atoms with Crippen LogP contribution in [0.1, 0.15) is 30.3 Å². The maximum Gasteiger partial charge on any atom is 0.260 e. The molecule has 0 saturated carbocycles. The molecule has 3 heterocycles. The molecule has 0 atom stereocenters. The van der Waals surface area contributed by atoms with Gasteiger partial charge in [-0.1, -0.05) is 26.0 Å². The van der Waals surface area contributed by atoms with Crippen molar-refractivity contribution in [1.82, 2.24) is 14.8 Å². The number of ether oxygens (including phenoxy) is 1. The van der Waals surface area contributed by atoms with Crippen LogP contribution in [0.25, 0.3) is 11.5 Å². The summed E-state index contributed by atoms with van der Waals surface area (Å²) in [6.45, 7) is 8.30. The van der Waals surface area contributed by atoms with E-state index in [9.17, 15) is 4.79 Å². The summed E-state index contributed by atoms with van der Waals surface area (Å²) in [7, 11) is 0. The predicted octanol–water partition coefficient (Wildman–Crippen LogP) is 4.25. The van der Waals surface area contributed by atoms with Crippen LogP contribution in [0.5, 0.6) is 5.75 Å². The van der Waals surface area contributed by atoms with Gasteiger partial charge in [0.05, 0.1) is 12.8 Å².